The van der Waals surface area contributed by atoms with Gasteiger partial charge in [-0.05, 0) is 26.3 Å². The maximum atomic E-state index is 11.1. The molecule has 0 amide bonds. The van der Waals surface area contributed by atoms with Crippen LogP contribution in [0.3, 0.4) is 0 Å². The van der Waals surface area contributed by atoms with Gasteiger partial charge in [0.1, 0.15) is 5.78 Å². The summed E-state index contributed by atoms with van der Waals surface area (Å²) in [5.74, 6) is -0.0251. The van der Waals surface area contributed by atoms with Crippen LogP contribution < -0.4 is 0 Å². The Balaban J connectivity index is 2.61. The fraction of sp³-hybridized carbons (Fsp3) is 0.889. The van der Waals surface area contributed by atoms with Gasteiger partial charge >= 0.3 is 0 Å². The summed E-state index contributed by atoms with van der Waals surface area (Å²) in [4.78, 5) is 13.0. The number of Topliss-reactive ketones (excluding diaryl/α,β-unsaturated/α-hetero) is 1. The smallest absolute Gasteiger partial charge is 0.149 e. The van der Waals surface area contributed by atoms with Gasteiger partial charge < -0.3 is 10.2 Å². The van der Waals surface area contributed by atoms with Crippen LogP contribution >= 0.6 is 0 Å². The van der Waals surface area contributed by atoms with E-state index in [-0.39, 0.29) is 25.0 Å². The van der Waals surface area contributed by atoms with Gasteiger partial charge in [0.15, 0.2) is 0 Å². The molecule has 1 aliphatic rings. The third-order valence-corrected chi connectivity index (χ3v) is 2.68. The van der Waals surface area contributed by atoms with Gasteiger partial charge in [0.25, 0.3) is 0 Å². The molecular formula is C9H17NO3. The molecule has 2 atom stereocenters. The molecule has 0 aromatic rings. The van der Waals surface area contributed by atoms with Crippen molar-refractivity contribution in [3.8, 4) is 0 Å². The third-order valence-electron chi connectivity index (χ3n) is 2.68. The highest BCUT2D eigenvalue weighted by molar-refractivity contribution is 5.81. The number of carbonyl (C=O) groups is 1. The van der Waals surface area contributed by atoms with Crippen molar-refractivity contribution >= 4 is 5.78 Å². The first-order valence-corrected chi connectivity index (χ1v) is 4.68. The van der Waals surface area contributed by atoms with Crippen LogP contribution in [0, 0.1) is 0 Å². The average Bonchev–Trinajstić information content (AvgIpc) is 2.53. The average molecular weight is 187 g/mol. The van der Waals surface area contributed by atoms with Gasteiger partial charge in [0, 0.05) is 6.04 Å². The summed E-state index contributed by atoms with van der Waals surface area (Å²) >= 11 is 0. The van der Waals surface area contributed by atoms with Gasteiger partial charge in [-0.25, -0.2) is 0 Å². The number of likely N-dealkylation sites (tertiary alicyclic amines) is 1. The largest absolute Gasteiger partial charge is 0.395 e. The minimum Gasteiger partial charge on any atom is -0.395 e. The van der Waals surface area contributed by atoms with E-state index in [1.165, 1.54) is 6.92 Å². The van der Waals surface area contributed by atoms with Crippen LogP contribution in [0.5, 0.6) is 0 Å². The summed E-state index contributed by atoms with van der Waals surface area (Å²) in [5, 5.41) is 18.1. The zero-order valence-corrected chi connectivity index (χ0v) is 7.94. The maximum absolute atomic E-state index is 11.1. The lowest BCUT2D eigenvalue weighted by atomic mass is 10.1. The van der Waals surface area contributed by atoms with E-state index in [1.807, 2.05) is 4.90 Å². The van der Waals surface area contributed by atoms with Crippen molar-refractivity contribution in [3.63, 3.8) is 0 Å². The SMILES string of the molecule is CC(=O)C(CO)N1CCCC1CO. The van der Waals surface area contributed by atoms with Crippen molar-refractivity contribution in [2.75, 3.05) is 19.8 Å². The highest BCUT2D eigenvalue weighted by atomic mass is 16.3. The summed E-state index contributed by atoms with van der Waals surface area (Å²) in [6.07, 6.45) is 1.91. The number of aliphatic hydroxyl groups excluding tert-OH is 2. The Labute approximate surface area is 78.2 Å². The van der Waals surface area contributed by atoms with Crippen LogP contribution in [0.2, 0.25) is 0 Å². The van der Waals surface area contributed by atoms with E-state index in [9.17, 15) is 4.79 Å². The lowest BCUT2D eigenvalue weighted by Crippen LogP contribution is -2.46. The Morgan fingerprint density at radius 2 is 2.31 bits per heavy atom. The van der Waals surface area contributed by atoms with Gasteiger partial charge in [-0.3, -0.25) is 9.69 Å². The molecular weight excluding hydrogens is 170 g/mol. The first-order chi connectivity index (χ1) is 6.20. The summed E-state index contributed by atoms with van der Waals surface area (Å²) < 4.78 is 0. The van der Waals surface area contributed by atoms with Crippen LogP contribution in [-0.2, 0) is 4.79 Å². The normalized spacial score (nSPS) is 26.2. The molecule has 1 heterocycles. The molecule has 0 bridgehead atoms. The molecule has 0 radical (unpaired) electrons. The van der Waals surface area contributed by atoms with Crippen LogP contribution in [0.1, 0.15) is 19.8 Å². The van der Waals surface area contributed by atoms with Crippen LogP contribution in [-0.4, -0.2) is 52.7 Å². The molecule has 2 unspecified atom stereocenters. The van der Waals surface area contributed by atoms with Crippen LogP contribution in [0.15, 0.2) is 0 Å². The minimum atomic E-state index is -0.417. The number of ketones is 1. The lowest BCUT2D eigenvalue weighted by molar-refractivity contribution is -0.124. The molecule has 4 heteroatoms. The number of carbonyl (C=O) groups excluding carboxylic acids is 1. The van der Waals surface area contributed by atoms with Crippen molar-refractivity contribution in [3.05, 3.63) is 0 Å². The highest BCUT2D eigenvalue weighted by Crippen LogP contribution is 2.19. The van der Waals surface area contributed by atoms with Crippen LogP contribution in [0.4, 0.5) is 0 Å². The zero-order chi connectivity index (χ0) is 9.84. The van der Waals surface area contributed by atoms with Gasteiger partial charge in [-0.1, -0.05) is 0 Å². The predicted molar refractivity (Wildman–Crippen MR) is 48.4 cm³/mol. The second-order valence-corrected chi connectivity index (χ2v) is 3.53. The molecule has 1 fully saturated rings. The number of hydrogen-bond acceptors (Lipinski definition) is 4. The van der Waals surface area contributed by atoms with Gasteiger partial charge in [-0.15, -0.1) is 0 Å². The molecule has 0 aromatic heterocycles. The molecule has 0 spiro atoms. The molecule has 2 N–H and O–H groups in total. The van der Waals surface area contributed by atoms with E-state index in [0.29, 0.717) is 0 Å². The molecule has 13 heavy (non-hydrogen) atoms. The quantitative estimate of drug-likeness (QED) is 0.616. The fourth-order valence-corrected chi connectivity index (χ4v) is 1.93. The fourth-order valence-electron chi connectivity index (χ4n) is 1.93. The topological polar surface area (TPSA) is 60.8 Å². The third kappa shape index (κ3) is 2.27. The standard InChI is InChI=1S/C9H17NO3/c1-7(13)9(6-12)10-4-2-3-8(10)5-11/h8-9,11-12H,2-6H2,1H3. The second-order valence-electron chi connectivity index (χ2n) is 3.53. The van der Waals surface area contributed by atoms with Crippen molar-refractivity contribution in [2.45, 2.75) is 31.8 Å². The molecule has 4 nitrogen and oxygen atoms in total. The molecule has 0 aromatic carbocycles. The van der Waals surface area contributed by atoms with Crippen molar-refractivity contribution in [1.82, 2.24) is 4.90 Å². The molecule has 1 aliphatic heterocycles. The van der Waals surface area contributed by atoms with Gasteiger partial charge in [0.2, 0.25) is 0 Å². The Morgan fingerprint density at radius 1 is 1.62 bits per heavy atom. The summed E-state index contributed by atoms with van der Waals surface area (Å²) in [5.41, 5.74) is 0. The summed E-state index contributed by atoms with van der Waals surface area (Å²) in [6, 6.07) is -0.360. The van der Waals surface area contributed by atoms with E-state index >= 15 is 0 Å². The van der Waals surface area contributed by atoms with Crippen molar-refractivity contribution in [1.29, 1.82) is 0 Å². The molecule has 0 saturated carbocycles. The minimum absolute atomic E-state index is 0.0251. The lowest BCUT2D eigenvalue weighted by Gasteiger charge is -2.28. The van der Waals surface area contributed by atoms with E-state index < -0.39 is 6.04 Å². The molecule has 1 rings (SSSR count). The van der Waals surface area contributed by atoms with Crippen molar-refractivity contribution in [2.24, 2.45) is 0 Å². The second kappa shape index (κ2) is 4.69. The Bertz CT molecular complexity index is 184. The van der Waals surface area contributed by atoms with Gasteiger partial charge in [0.05, 0.1) is 19.3 Å². The first-order valence-electron chi connectivity index (χ1n) is 4.68. The van der Waals surface area contributed by atoms with E-state index in [0.717, 1.165) is 19.4 Å². The Morgan fingerprint density at radius 3 is 2.77 bits per heavy atom. The van der Waals surface area contributed by atoms with E-state index in [2.05, 4.69) is 0 Å². The molecule has 76 valence electrons. The summed E-state index contributed by atoms with van der Waals surface area (Å²) in [7, 11) is 0. The Kier molecular flexibility index (Phi) is 3.84. The van der Waals surface area contributed by atoms with Crippen molar-refractivity contribution < 1.29 is 15.0 Å². The van der Waals surface area contributed by atoms with Crippen LogP contribution in [0.25, 0.3) is 0 Å². The maximum Gasteiger partial charge on any atom is 0.149 e. The number of nitrogens with zero attached hydrogens (tertiary/aromatic N) is 1. The number of aliphatic hydroxyl groups is 2. The first kappa shape index (κ1) is 10.6. The number of hydrogen-bond donors (Lipinski definition) is 2. The predicted octanol–water partition coefficient (Wildman–Crippen LogP) is -0.607. The molecule has 0 aliphatic carbocycles. The monoisotopic (exact) mass is 187 g/mol. The Hall–Kier alpha value is -0.450. The number of rotatable bonds is 4. The van der Waals surface area contributed by atoms with E-state index in [1.54, 1.807) is 0 Å². The zero-order valence-electron chi connectivity index (χ0n) is 7.94. The van der Waals surface area contributed by atoms with E-state index in [4.69, 9.17) is 10.2 Å². The highest BCUT2D eigenvalue weighted by Gasteiger charge is 2.31. The molecule has 1 saturated heterocycles. The van der Waals surface area contributed by atoms with Gasteiger partial charge in [-0.2, -0.15) is 0 Å². The summed E-state index contributed by atoms with van der Waals surface area (Å²) in [6.45, 7) is 2.21.